The predicted molar refractivity (Wildman–Crippen MR) is 179 cm³/mol. The summed E-state index contributed by atoms with van der Waals surface area (Å²) < 4.78 is 10.1. The molecule has 1 aromatic carbocycles. The van der Waals surface area contributed by atoms with Gasteiger partial charge in [0.1, 0.15) is 0 Å². The summed E-state index contributed by atoms with van der Waals surface area (Å²) in [6, 6.07) is 8.34. The van der Waals surface area contributed by atoms with Gasteiger partial charge in [0.15, 0.2) is 5.82 Å². The number of H-pyrrole nitrogens is 1. The standard InChI is InChI=1S/C33H29N13/c1-42-11-7-19(13-42)36-25-17-44(3)15-23(25)27-21-5-6-22-28(24-16-45(4)18-26(24)37-20-8-12-43(2)14-20)39-33-41-31(30-34-9-10-35-30)40-32(38-27)46(33)29(21)22/h5-18,36-37H,1-4H3,(H,34,35). The van der Waals surface area contributed by atoms with E-state index in [0.29, 0.717) is 23.2 Å². The molecule has 8 heterocycles. The zero-order valence-corrected chi connectivity index (χ0v) is 25.6. The number of imidazole rings is 1. The van der Waals surface area contributed by atoms with Gasteiger partial charge in [0.2, 0.25) is 17.4 Å². The van der Waals surface area contributed by atoms with Gasteiger partial charge in [-0.25, -0.2) is 19.4 Å². The number of aromatic nitrogens is 11. The van der Waals surface area contributed by atoms with Gasteiger partial charge in [-0.3, -0.25) is 0 Å². The largest absolute Gasteiger partial charge is 0.355 e. The fraction of sp³-hybridized carbons (Fsp3) is 0.121. The lowest BCUT2D eigenvalue weighted by molar-refractivity contribution is 0.926. The second kappa shape index (κ2) is 9.56. The van der Waals surface area contributed by atoms with Gasteiger partial charge in [0.05, 0.1) is 39.7 Å². The first-order valence-electron chi connectivity index (χ1n) is 14.8. The molecule has 0 aliphatic carbocycles. The number of hydrogen-bond acceptors (Lipinski definition) is 7. The van der Waals surface area contributed by atoms with Crippen molar-refractivity contribution in [3.05, 3.63) is 86.2 Å². The third-order valence-electron chi connectivity index (χ3n) is 8.25. The van der Waals surface area contributed by atoms with Crippen LogP contribution in [0.2, 0.25) is 0 Å². The van der Waals surface area contributed by atoms with Crippen LogP contribution in [0, 0.1) is 0 Å². The minimum Gasteiger partial charge on any atom is -0.355 e. The van der Waals surface area contributed by atoms with Gasteiger partial charge in [0, 0.05) is 112 Å². The minimum atomic E-state index is 0.419. The average Bonchev–Trinajstić information content (AvgIpc) is 3.87. The number of aryl methyl sites for hydroxylation is 4. The normalized spacial score (nSPS) is 11.9. The van der Waals surface area contributed by atoms with E-state index in [4.69, 9.17) is 19.9 Å². The van der Waals surface area contributed by atoms with E-state index in [1.165, 1.54) is 0 Å². The Bertz CT molecular complexity index is 2380. The monoisotopic (exact) mass is 607 g/mol. The van der Waals surface area contributed by atoms with E-state index in [1.807, 2.05) is 87.8 Å². The molecule has 0 radical (unpaired) electrons. The van der Waals surface area contributed by atoms with Crippen molar-refractivity contribution in [2.45, 2.75) is 0 Å². The van der Waals surface area contributed by atoms with Gasteiger partial charge < -0.3 is 33.9 Å². The average molecular weight is 608 g/mol. The molecule has 13 heteroatoms. The zero-order valence-electron chi connectivity index (χ0n) is 25.6. The molecule has 8 aromatic heterocycles. The SMILES string of the molecule is Cn1ccc(Nc2cn(C)cc2-c2nc3nc(-c4ncc[nH]4)nc4nc(-c5cn(C)cc5Nc5ccn(C)c5)c5ccc2c5n34)c1. The maximum atomic E-state index is 5.17. The van der Waals surface area contributed by atoms with Gasteiger partial charge in [0.25, 0.3) is 0 Å². The van der Waals surface area contributed by atoms with Crippen LogP contribution in [0.25, 0.3) is 62.0 Å². The minimum absolute atomic E-state index is 0.419. The maximum absolute atomic E-state index is 5.17. The highest BCUT2D eigenvalue weighted by atomic mass is 15.2. The molecule has 9 aromatic rings. The first-order valence-corrected chi connectivity index (χ1v) is 14.8. The Morgan fingerprint density at radius 1 is 0.609 bits per heavy atom. The fourth-order valence-corrected chi connectivity index (χ4v) is 6.28. The van der Waals surface area contributed by atoms with Crippen molar-refractivity contribution in [3.63, 3.8) is 0 Å². The molecule has 226 valence electrons. The van der Waals surface area contributed by atoms with Crippen LogP contribution in [0.3, 0.4) is 0 Å². The van der Waals surface area contributed by atoms with Crippen molar-refractivity contribution < 1.29 is 0 Å². The van der Waals surface area contributed by atoms with Crippen LogP contribution in [0.4, 0.5) is 22.7 Å². The Labute approximate surface area is 262 Å². The lowest BCUT2D eigenvalue weighted by Gasteiger charge is -2.15. The Morgan fingerprint density at radius 2 is 1.15 bits per heavy atom. The van der Waals surface area contributed by atoms with Crippen LogP contribution in [0.15, 0.2) is 86.2 Å². The first kappa shape index (κ1) is 26.1. The number of nitrogens with zero attached hydrogens (tertiary/aromatic N) is 10. The number of aromatic amines is 1. The predicted octanol–water partition coefficient (Wildman–Crippen LogP) is 5.83. The van der Waals surface area contributed by atoms with Gasteiger partial charge in [-0.05, 0) is 24.3 Å². The molecule has 0 spiro atoms. The van der Waals surface area contributed by atoms with Gasteiger partial charge in [-0.2, -0.15) is 9.97 Å². The molecule has 9 rings (SSSR count). The Kier molecular flexibility index (Phi) is 5.42. The highest BCUT2D eigenvalue weighted by Crippen LogP contribution is 2.42. The molecule has 0 saturated heterocycles. The summed E-state index contributed by atoms with van der Waals surface area (Å²) in [5.74, 6) is 1.94. The molecular formula is C33H29N13. The third-order valence-corrected chi connectivity index (χ3v) is 8.25. The van der Waals surface area contributed by atoms with E-state index in [2.05, 4.69) is 57.5 Å². The van der Waals surface area contributed by atoms with Gasteiger partial charge in [-0.1, -0.05) is 0 Å². The van der Waals surface area contributed by atoms with Crippen LogP contribution < -0.4 is 10.6 Å². The number of anilines is 4. The van der Waals surface area contributed by atoms with Gasteiger partial charge >= 0.3 is 0 Å². The molecule has 13 nitrogen and oxygen atoms in total. The Morgan fingerprint density at radius 3 is 1.61 bits per heavy atom. The van der Waals surface area contributed by atoms with Crippen LogP contribution in [-0.4, -0.2) is 52.6 Å². The Hall–Kier alpha value is -6.37. The molecular weight excluding hydrogens is 578 g/mol. The molecule has 0 aliphatic heterocycles. The van der Waals surface area contributed by atoms with Crippen molar-refractivity contribution in [3.8, 4) is 34.2 Å². The second-order valence-electron chi connectivity index (χ2n) is 11.7. The Balaban J connectivity index is 1.31. The quantitative estimate of drug-likeness (QED) is 0.208. The van der Waals surface area contributed by atoms with Crippen LogP contribution >= 0.6 is 0 Å². The molecule has 3 N–H and O–H groups in total. The summed E-state index contributed by atoms with van der Waals surface area (Å²) in [7, 11) is 8.05. The zero-order chi connectivity index (χ0) is 31.1. The van der Waals surface area contributed by atoms with Crippen molar-refractivity contribution in [1.29, 1.82) is 0 Å². The van der Waals surface area contributed by atoms with E-state index in [1.54, 1.807) is 12.4 Å². The lowest BCUT2D eigenvalue weighted by Crippen LogP contribution is -2.08. The molecule has 0 unspecified atom stereocenters. The summed E-state index contributed by atoms with van der Waals surface area (Å²) >= 11 is 0. The maximum Gasteiger partial charge on any atom is 0.239 e. The molecule has 0 amide bonds. The summed E-state index contributed by atoms with van der Waals surface area (Å²) in [6.07, 6.45) is 19.9. The summed E-state index contributed by atoms with van der Waals surface area (Å²) in [4.78, 5) is 27.7. The second-order valence-corrected chi connectivity index (χ2v) is 11.7. The molecule has 0 atom stereocenters. The van der Waals surface area contributed by atoms with Crippen LogP contribution in [0.5, 0.6) is 0 Å². The van der Waals surface area contributed by atoms with Crippen molar-refractivity contribution >= 4 is 50.6 Å². The van der Waals surface area contributed by atoms with Crippen molar-refractivity contribution in [1.82, 2.24) is 52.6 Å². The van der Waals surface area contributed by atoms with Crippen LogP contribution in [-0.2, 0) is 28.2 Å². The summed E-state index contributed by atoms with van der Waals surface area (Å²) in [5.41, 5.74) is 8.37. The molecule has 0 fully saturated rings. The molecule has 0 aliphatic rings. The van der Waals surface area contributed by atoms with E-state index < -0.39 is 0 Å². The first-order chi connectivity index (χ1) is 22.4. The number of hydrogen-bond donors (Lipinski definition) is 3. The highest BCUT2D eigenvalue weighted by molar-refractivity contribution is 6.12. The third kappa shape index (κ3) is 4.05. The number of rotatable bonds is 7. The van der Waals surface area contributed by atoms with Gasteiger partial charge in [-0.15, -0.1) is 0 Å². The molecule has 0 bridgehead atoms. The van der Waals surface area contributed by atoms with E-state index >= 15 is 0 Å². The van der Waals surface area contributed by atoms with E-state index in [9.17, 15) is 0 Å². The topological polar surface area (TPSA) is 128 Å². The van der Waals surface area contributed by atoms with Crippen molar-refractivity contribution in [2.24, 2.45) is 28.2 Å². The highest BCUT2D eigenvalue weighted by Gasteiger charge is 2.25. The fourth-order valence-electron chi connectivity index (χ4n) is 6.28. The molecule has 46 heavy (non-hydrogen) atoms. The van der Waals surface area contributed by atoms with E-state index in [-0.39, 0.29) is 0 Å². The van der Waals surface area contributed by atoms with Crippen molar-refractivity contribution in [2.75, 3.05) is 10.6 Å². The smallest absolute Gasteiger partial charge is 0.239 e. The lowest BCUT2D eigenvalue weighted by atomic mass is 10.1. The van der Waals surface area contributed by atoms with E-state index in [0.717, 1.165) is 61.6 Å². The molecule has 0 saturated carbocycles. The van der Waals surface area contributed by atoms with Crippen LogP contribution in [0.1, 0.15) is 0 Å². The summed E-state index contributed by atoms with van der Waals surface area (Å²) in [5, 5.41) is 9.13. The summed E-state index contributed by atoms with van der Waals surface area (Å²) in [6.45, 7) is 0. The number of nitrogens with one attached hydrogen (secondary N) is 3.